The summed E-state index contributed by atoms with van der Waals surface area (Å²) in [4.78, 5) is 15.4. The molecule has 2 aliphatic rings. The summed E-state index contributed by atoms with van der Waals surface area (Å²) in [5.41, 5.74) is 1.28. The lowest BCUT2D eigenvalue weighted by atomic mass is 9.80. The SMILES string of the molecule is CC1(C)OCC2(CO1)CN(C(=O)c1cc(-c3cccs3)[nH]n1)C2. The molecule has 0 unspecified atom stereocenters. The molecule has 0 saturated carbocycles. The van der Waals surface area contributed by atoms with Crippen LogP contribution in [-0.4, -0.2) is 53.1 Å². The van der Waals surface area contributed by atoms with Crippen LogP contribution in [0.4, 0.5) is 0 Å². The predicted molar refractivity (Wildman–Crippen MR) is 86.2 cm³/mol. The van der Waals surface area contributed by atoms with E-state index in [4.69, 9.17) is 9.47 Å². The number of rotatable bonds is 2. The van der Waals surface area contributed by atoms with E-state index in [1.807, 2.05) is 37.4 Å². The lowest BCUT2D eigenvalue weighted by Gasteiger charge is -2.53. The van der Waals surface area contributed by atoms with Gasteiger partial charge in [0.05, 0.1) is 29.2 Å². The third kappa shape index (κ3) is 2.69. The Bertz CT molecular complexity index is 705. The Morgan fingerprint density at radius 3 is 2.74 bits per heavy atom. The van der Waals surface area contributed by atoms with E-state index in [1.54, 1.807) is 16.2 Å². The minimum atomic E-state index is -0.520. The van der Waals surface area contributed by atoms with Crippen molar-refractivity contribution < 1.29 is 14.3 Å². The molecule has 0 aromatic carbocycles. The van der Waals surface area contributed by atoms with Gasteiger partial charge in [0, 0.05) is 13.1 Å². The number of nitrogens with zero attached hydrogens (tertiary/aromatic N) is 2. The number of H-pyrrole nitrogens is 1. The van der Waals surface area contributed by atoms with Crippen LogP contribution in [0.3, 0.4) is 0 Å². The minimum absolute atomic E-state index is 0.0421. The molecular formula is C16H19N3O3S. The zero-order valence-electron chi connectivity index (χ0n) is 13.2. The Kier molecular flexibility index (Phi) is 3.33. The maximum atomic E-state index is 12.5. The number of hydrogen-bond donors (Lipinski definition) is 1. The summed E-state index contributed by atoms with van der Waals surface area (Å²) in [6.07, 6.45) is 0. The fourth-order valence-corrected chi connectivity index (χ4v) is 3.67. The molecule has 1 N–H and O–H groups in total. The van der Waals surface area contributed by atoms with Gasteiger partial charge in [-0.15, -0.1) is 11.3 Å². The zero-order chi connectivity index (χ0) is 16.1. The number of ether oxygens (including phenoxy) is 2. The topological polar surface area (TPSA) is 67.5 Å². The first-order valence-corrected chi connectivity index (χ1v) is 8.51. The molecule has 2 saturated heterocycles. The van der Waals surface area contributed by atoms with Gasteiger partial charge in [-0.1, -0.05) is 6.07 Å². The normalized spacial score (nSPS) is 22.1. The number of nitrogens with one attached hydrogen (secondary N) is 1. The molecular weight excluding hydrogens is 314 g/mol. The van der Waals surface area contributed by atoms with Gasteiger partial charge in [0.2, 0.25) is 0 Å². The average molecular weight is 333 g/mol. The highest BCUT2D eigenvalue weighted by Gasteiger charge is 2.50. The van der Waals surface area contributed by atoms with Gasteiger partial charge in [-0.3, -0.25) is 9.89 Å². The van der Waals surface area contributed by atoms with Gasteiger partial charge in [-0.2, -0.15) is 5.10 Å². The van der Waals surface area contributed by atoms with E-state index in [1.165, 1.54) is 0 Å². The summed E-state index contributed by atoms with van der Waals surface area (Å²) >= 11 is 1.62. The van der Waals surface area contributed by atoms with E-state index in [0.29, 0.717) is 32.0 Å². The highest BCUT2D eigenvalue weighted by molar-refractivity contribution is 7.13. The predicted octanol–water partition coefficient (Wildman–Crippen LogP) is 2.36. The molecule has 0 radical (unpaired) electrons. The summed E-state index contributed by atoms with van der Waals surface area (Å²) in [5.74, 6) is -0.562. The maximum Gasteiger partial charge on any atom is 0.274 e. The number of hydrogen-bond acceptors (Lipinski definition) is 5. The Balaban J connectivity index is 1.40. The third-order valence-electron chi connectivity index (χ3n) is 4.38. The second-order valence-corrected chi connectivity index (χ2v) is 7.73. The van der Waals surface area contributed by atoms with Gasteiger partial charge in [-0.05, 0) is 31.4 Å². The van der Waals surface area contributed by atoms with Crippen LogP contribution in [0, 0.1) is 5.41 Å². The molecule has 4 heterocycles. The van der Waals surface area contributed by atoms with Gasteiger partial charge in [0.25, 0.3) is 5.91 Å². The Labute approximate surface area is 138 Å². The lowest BCUT2D eigenvalue weighted by Crippen LogP contribution is -2.65. The summed E-state index contributed by atoms with van der Waals surface area (Å²) in [6.45, 7) is 6.40. The van der Waals surface area contributed by atoms with Crippen LogP contribution in [0.5, 0.6) is 0 Å². The largest absolute Gasteiger partial charge is 0.350 e. The van der Waals surface area contributed by atoms with Crippen molar-refractivity contribution in [1.82, 2.24) is 15.1 Å². The van der Waals surface area contributed by atoms with E-state index in [2.05, 4.69) is 10.2 Å². The molecule has 2 aromatic rings. The van der Waals surface area contributed by atoms with Crippen LogP contribution in [0.2, 0.25) is 0 Å². The maximum absolute atomic E-state index is 12.5. The second-order valence-electron chi connectivity index (χ2n) is 6.78. The number of likely N-dealkylation sites (tertiary alicyclic amines) is 1. The van der Waals surface area contributed by atoms with Crippen molar-refractivity contribution in [2.45, 2.75) is 19.6 Å². The van der Waals surface area contributed by atoms with Crippen LogP contribution in [0.15, 0.2) is 23.6 Å². The Morgan fingerprint density at radius 2 is 2.09 bits per heavy atom. The van der Waals surface area contributed by atoms with E-state index in [0.717, 1.165) is 10.6 Å². The second kappa shape index (κ2) is 5.15. The lowest BCUT2D eigenvalue weighted by molar-refractivity contribution is -0.301. The van der Waals surface area contributed by atoms with E-state index in [9.17, 15) is 4.79 Å². The molecule has 1 spiro atoms. The summed E-state index contributed by atoms with van der Waals surface area (Å²) in [7, 11) is 0. The van der Waals surface area contributed by atoms with Crippen molar-refractivity contribution in [3.63, 3.8) is 0 Å². The highest BCUT2D eigenvalue weighted by atomic mass is 32.1. The van der Waals surface area contributed by atoms with E-state index < -0.39 is 5.79 Å². The van der Waals surface area contributed by atoms with Crippen LogP contribution >= 0.6 is 11.3 Å². The minimum Gasteiger partial charge on any atom is -0.350 e. The molecule has 1 amide bonds. The van der Waals surface area contributed by atoms with Crippen LogP contribution in [0.1, 0.15) is 24.3 Å². The van der Waals surface area contributed by atoms with Crippen LogP contribution in [-0.2, 0) is 9.47 Å². The third-order valence-corrected chi connectivity index (χ3v) is 5.28. The van der Waals surface area contributed by atoms with Crippen molar-refractivity contribution >= 4 is 17.2 Å². The molecule has 7 heteroatoms. The summed E-state index contributed by atoms with van der Waals surface area (Å²) in [5, 5.41) is 9.10. The number of amides is 1. The van der Waals surface area contributed by atoms with Gasteiger partial charge in [-0.25, -0.2) is 0 Å². The van der Waals surface area contributed by atoms with Crippen molar-refractivity contribution in [3.8, 4) is 10.6 Å². The molecule has 0 atom stereocenters. The Hall–Kier alpha value is -1.70. The molecule has 2 aromatic heterocycles. The fraction of sp³-hybridized carbons (Fsp3) is 0.500. The van der Waals surface area contributed by atoms with Gasteiger partial charge in [0.15, 0.2) is 11.5 Å². The molecule has 6 nitrogen and oxygen atoms in total. The van der Waals surface area contributed by atoms with Crippen molar-refractivity contribution in [2.24, 2.45) is 5.41 Å². The number of aromatic amines is 1. The summed E-state index contributed by atoms with van der Waals surface area (Å²) in [6, 6.07) is 5.80. The molecule has 4 rings (SSSR count). The molecule has 0 aliphatic carbocycles. The van der Waals surface area contributed by atoms with Gasteiger partial charge < -0.3 is 14.4 Å². The number of aromatic nitrogens is 2. The molecule has 23 heavy (non-hydrogen) atoms. The molecule has 2 aliphatic heterocycles. The average Bonchev–Trinajstić information content (AvgIpc) is 3.16. The smallest absolute Gasteiger partial charge is 0.274 e. The molecule has 122 valence electrons. The first kappa shape index (κ1) is 14.9. The Morgan fingerprint density at radius 1 is 1.35 bits per heavy atom. The quantitative estimate of drug-likeness (QED) is 0.916. The highest BCUT2D eigenvalue weighted by Crippen LogP contribution is 2.38. The molecule has 0 bridgehead atoms. The summed E-state index contributed by atoms with van der Waals surface area (Å²) < 4.78 is 11.5. The van der Waals surface area contributed by atoms with Gasteiger partial charge in [0.1, 0.15) is 0 Å². The first-order valence-electron chi connectivity index (χ1n) is 7.63. The molecule has 2 fully saturated rings. The van der Waals surface area contributed by atoms with Crippen molar-refractivity contribution in [1.29, 1.82) is 0 Å². The van der Waals surface area contributed by atoms with Crippen molar-refractivity contribution in [3.05, 3.63) is 29.3 Å². The number of carbonyl (C=O) groups is 1. The number of thiophene rings is 1. The fourth-order valence-electron chi connectivity index (χ4n) is 2.98. The standard InChI is InChI=1S/C16H19N3O3S/c1-15(2)21-9-16(10-22-15)7-19(8-16)14(20)12-6-11(17-18-12)13-4-3-5-23-13/h3-6H,7-10H2,1-2H3,(H,17,18). The monoisotopic (exact) mass is 333 g/mol. The first-order chi connectivity index (χ1) is 11.0. The van der Waals surface area contributed by atoms with Crippen molar-refractivity contribution in [2.75, 3.05) is 26.3 Å². The van der Waals surface area contributed by atoms with Crippen LogP contribution < -0.4 is 0 Å². The number of carbonyl (C=O) groups excluding carboxylic acids is 1. The zero-order valence-corrected chi connectivity index (χ0v) is 14.0. The van der Waals surface area contributed by atoms with Gasteiger partial charge >= 0.3 is 0 Å². The van der Waals surface area contributed by atoms with E-state index in [-0.39, 0.29) is 11.3 Å². The van der Waals surface area contributed by atoms with Crippen LogP contribution in [0.25, 0.3) is 10.6 Å². The van der Waals surface area contributed by atoms with E-state index >= 15 is 0 Å².